The molecule has 4 rings (SSSR count). The lowest BCUT2D eigenvalue weighted by Gasteiger charge is -2.15. The zero-order valence-electron chi connectivity index (χ0n) is 14.8. The van der Waals surface area contributed by atoms with Crippen molar-refractivity contribution in [1.29, 1.82) is 0 Å². The summed E-state index contributed by atoms with van der Waals surface area (Å²) in [6, 6.07) is 19.0. The second kappa shape index (κ2) is 7.41. The van der Waals surface area contributed by atoms with Crippen LogP contribution >= 0.6 is 0 Å². The van der Waals surface area contributed by atoms with E-state index in [9.17, 15) is 9.59 Å². The summed E-state index contributed by atoms with van der Waals surface area (Å²) >= 11 is 0. The lowest BCUT2D eigenvalue weighted by molar-refractivity contribution is 0.0761. The molecule has 0 atom stereocenters. The minimum atomic E-state index is -0.227. The van der Waals surface area contributed by atoms with Gasteiger partial charge in [0.1, 0.15) is 0 Å². The summed E-state index contributed by atoms with van der Waals surface area (Å²) < 4.78 is 0. The molecule has 5 nitrogen and oxygen atoms in total. The summed E-state index contributed by atoms with van der Waals surface area (Å²) in [4.78, 5) is 31.4. The number of pyridine rings is 1. The summed E-state index contributed by atoms with van der Waals surface area (Å²) in [5.74, 6) is -0.331. The highest BCUT2D eigenvalue weighted by Gasteiger charge is 2.31. The van der Waals surface area contributed by atoms with E-state index in [2.05, 4.69) is 10.3 Å². The van der Waals surface area contributed by atoms with Gasteiger partial charge in [-0.05, 0) is 34.9 Å². The second-order valence-corrected chi connectivity index (χ2v) is 6.52. The summed E-state index contributed by atoms with van der Waals surface area (Å²) in [5, 5.41) is 2.91. The van der Waals surface area contributed by atoms with Gasteiger partial charge in [0.05, 0.1) is 11.1 Å². The Hall–Kier alpha value is -3.47. The number of carbonyl (C=O) groups excluding carboxylic acids is 2. The minimum Gasteiger partial charge on any atom is -0.348 e. The van der Waals surface area contributed by atoms with Crippen molar-refractivity contribution in [1.82, 2.24) is 15.2 Å². The monoisotopic (exact) mass is 357 g/mol. The third-order valence-electron chi connectivity index (χ3n) is 4.68. The van der Waals surface area contributed by atoms with E-state index < -0.39 is 0 Å². The summed E-state index contributed by atoms with van der Waals surface area (Å²) in [6.07, 6.45) is 3.43. The fourth-order valence-electron chi connectivity index (χ4n) is 3.32. The van der Waals surface area contributed by atoms with Crippen LogP contribution in [0.5, 0.6) is 0 Å². The molecule has 0 aliphatic carbocycles. The number of amides is 2. The molecule has 2 heterocycles. The van der Waals surface area contributed by atoms with E-state index >= 15 is 0 Å². The molecule has 1 aromatic heterocycles. The van der Waals surface area contributed by atoms with Crippen molar-refractivity contribution >= 4 is 11.8 Å². The van der Waals surface area contributed by atoms with Gasteiger partial charge in [-0.3, -0.25) is 14.6 Å². The van der Waals surface area contributed by atoms with Crippen molar-refractivity contribution in [2.45, 2.75) is 19.6 Å². The topological polar surface area (TPSA) is 62.3 Å². The largest absolute Gasteiger partial charge is 0.348 e. The lowest BCUT2D eigenvalue weighted by atomic mass is 10.0. The highest BCUT2D eigenvalue weighted by Crippen LogP contribution is 2.27. The Morgan fingerprint density at radius 1 is 0.963 bits per heavy atom. The molecule has 2 aromatic carbocycles. The normalized spacial score (nSPS) is 12.7. The molecule has 0 fully saturated rings. The summed E-state index contributed by atoms with van der Waals surface area (Å²) in [6.45, 7) is 1.44. The van der Waals surface area contributed by atoms with E-state index in [4.69, 9.17) is 0 Å². The highest BCUT2D eigenvalue weighted by atomic mass is 16.2. The van der Waals surface area contributed by atoms with Gasteiger partial charge in [0.2, 0.25) is 0 Å². The molecular formula is C22H19N3O2. The Morgan fingerprint density at radius 2 is 1.74 bits per heavy atom. The second-order valence-electron chi connectivity index (χ2n) is 6.52. The Kier molecular flexibility index (Phi) is 4.66. The van der Waals surface area contributed by atoms with E-state index in [0.717, 1.165) is 16.7 Å². The average molecular weight is 357 g/mol. The molecule has 1 N–H and O–H groups in total. The Labute approximate surface area is 157 Å². The standard InChI is InChI=1S/C22H19N3O2/c26-21(24-13-16-5-2-1-3-6-16)19-8-4-7-18-15-25(22(27)20(18)19)14-17-9-11-23-12-10-17/h1-12H,13-15H2,(H,24,26). The van der Waals surface area contributed by atoms with Crippen LogP contribution in [0.2, 0.25) is 0 Å². The van der Waals surface area contributed by atoms with Crippen LogP contribution in [0.3, 0.4) is 0 Å². The van der Waals surface area contributed by atoms with E-state index in [0.29, 0.717) is 30.8 Å². The van der Waals surface area contributed by atoms with Gasteiger partial charge in [-0.1, -0.05) is 42.5 Å². The zero-order chi connectivity index (χ0) is 18.6. The number of rotatable bonds is 5. The Balaban J connectivity index is 1.52. The number of hydrogen-bond donors (Lipinski definition) is 1. The predicted octanol–water partition coefficient (Wildman–Crippen LogP) is 3.17. The highest BCUT2D eigenvalue weighted by molar-refractivity contribution is 6.09. The maximum atomic E-state index is 12.9. The summed E-state index contributed by atoms with van der Waals surface area (Å²) in [5.41, 5.74) is 3.87. The third-order valence-corrected chi connectivity index (χ3v) is 4.68. The van der Waals surface area contributed by atoms with E-state index in [1.165, 1.54) is 0 Å². The molecule has 0 bridgehead atoms. The molecule has 0 radical (unpaired) electrons. The van der Waals surface area contributed by atoms with Gasteiger partial charge in [-0.2, -0.15) is 0 Å². The molecule has 0 spiro atoms. The van der Waals surface area contributed by atoms with Crippen molar-refractivity contribution < 1.29 is 9.59 Å². The maximum Gasteiger partial charge on any atom is 0.255 e. The fourth-order valence-corrected chi connectivity index (χ4v) is 3.32. The molecule has 3 aromatic rings. The molecule has 5 heteroatoms. The molecular weight excluding hydrogens is 338 g/mol. The number of carbonyl (C=O) groups is 2. The van der Waals surface area contributed by atoms with Crippen molar-refractivity contribution in [2.75, 3.05) is 0 Å². The van der Waals surface area contributed by atoms with Gasteiger partial charge in [0.25, 0.3) is 11.8 Å². The minimum absolute atomic E-state index is 0.104. The first-order valence-electron chi connectivity index (χ1n) is 8.84. The lowest BCUT2D eigenvalue weighted by Crippen LogP contribution is -2.27. The Morgan fingerprint density at radius 3 is 2.52 bits per heavy atom. The van der Waals surface area contributed by atoms with E-state index in [1.807, 2.05) is 54.6 Å². The number of nitrogens with one attached hydrogen (secondary N) is 1. The fraction of sp³-hybridized carbons (Fsp3) is 0.136. The summed E-state index contributed by atoms with van der Waals surface area (Å²) in [7, 11) is 0. The van der Waals surface area contributed by atoms with Crippen molar-refractivity contribution in [3.63, 3.8) is 0 Å². The number of benzene rings is 2. The molecule has 27 heavy (non-hydrogen) atoms. The first kappa shape index (κ1) is 17.0. The van der Waals surface area contributed by atoms with E-state index in [-0.39, 0.29) is 11.8 Å². The van der Waals surface area contributed by atoms with Crippen LogP contribution < -0.4 is 5.32 Å². The zero-order valence-corrected chi connectivity index (χ0v) is 14.8. The van der Waals surface area contributed by atoms with Crippen LogP contribution in [-0.4, -0.2) is 21.7 Å². The van der Waals surface area contributed by atoms with Crippen LogP contribution in [-0.2, 0) is 19.6 Å². The van der Waals surface area contributed by atoms with Gasteiger partial charge in [-0.25, -0.2) is 0 Å². The van der Waals surface area contributed by atoms with Crippen LogP contribution in [0.4, 0.5) is 0 Å². The van der Waals surface area contributed by atoms with Gasteiger partial charge in [0, 0.05) is 32.0 Å². The number of fused-ring (bicyclic) bond motifs is 1. The maximum absolute atomic E-state index is 12.9. The van der Waals surface area contributed by atoms with Gasteiger partial charge < -0.3 is 10.2 Å². The SMILES string of the molecule is O=C(NCc1ccccc1)c1cccc2c1C(=O)N(Cc1ccncc1)C2. The molecule has 2 amide bonds. The molecule has 0 saturated carbocycles. The smallest absolute Gasteiger partial charge is 0.255 e. The molecule has 1 aliphatic rings. The molecule has 134 valence electrons. The van der Waals surface area contributed by atoms with Crippen molar-refractivity contribution in [3.05, 3.63) is 101 Å². The first-order valence-corrected chi connectivity index (χ1v) is 8.84. The van der Waals surface area contributed by atoms with Gasteiger partial charge in [-0.15, -0.1) is 0 Å². The van der Waals surface area contributed by atoms with Crippen LogP contribution in [0, 0.1) is 0 Å². The van der Waals surface area contributed by atoms with Crippen molar-refractivity contribution in [3.8, 4) is 0 Å². The molecule has 1 aliphatic heterocycles. The quantitative estimate of drug-likeness (QED) is 0.763. The molecule has 0 unspecified atom stereocenters. The van der Waals surface area contributed by atoms with Crippen molar-refractivity contribution in [2.24, 2.45) is 0 Å². The predicted molar refractivity (Wildman–Crippen MR) is 102 cm³/mol. The average Bonchev–Trinajstić information content (AvgIpc) is 3.03. The molecule has 0 saturated heterocycles. The van der Waals surface area contributed by atoms with Gasteiger partial charge in [0.15, 0.2) is 0 Å². The van der Waals surface area contributed by atoms with E-state index in [1.54, 1.807) is 23.4 Å². The first-order chi connectivity index (χ1) is 13.2. The number of nitrogens with zero attached hydrogens (tertiary/aromatic N) is 2. The van der Waals surface area contributed by atoms with Crippen LogP contribution in [0.25, 0.3) is 0 Å². The number of hydrogen-bond acceptors (Lipinski definition) is 3. The van der Waals surface area contributed by atoms with Gasteiger partial charge >= 0.3 is 0 Å². The van der Waals surface area contributed by atoms with Crippen LogP contribution in [0.15, 0.2) is 73.1 Å². The third kappa shape index (κ3) is 3.58. The van der Waals surface area contributed by atoms with Crippen LogP contribution in [0.1, 0.15) is 37.4 Å². The Bertz CT molecular complexity index is 971. The number of aromatic nitrogens is 1.